The predicted octanol–water partition coefficient (Wildman–Crippen LogP) is 3.84. The van der Waals surface area contributed by atoms with Crippen LogP contribution in [0.2, 0.25) is 5.02 Å². The van der Waals surface area contributed by atoms with Crippen molar-refractivity contribution >= 4 is 39.1 Å². The van der Waals surface area contributed by atoms with Crippen LogP contribution in [-0.4, -0.2) is 24.6 Å². The number of H-pyrrole nitrogens is 1. The number of nitrogens with one attached hydrogen (secondary N) is 2. The summed E-state index contributed by atoms with van der Waals surface area (Å²) in [5, 5.41) is 2.80. The number of aromatic nitrogens is 1. The number of anilines is 1. The molecule has 0 radical (unpaired) electrons. The van der Waals surface area contributed by atoms with Crippen LogP contribution in [0.3, 0.4) is 0 Å². The summed E-state index contributed by atoms with van der Waals surface area (Å²) in [6.45, 7) is 2.45. The van der Waals surface area contributed by atoms with Crippen molar-refractivity contribution in [3.8, 4) is 11.5 Å². The summed E-state index contributed by atoms with van der Waals surface area (Å²) < 4.78 is 11.4. The molecule has 0 unspecified atom stereocenters. The minimum Gasteiger partial charge on any atom is -0.493 e. The second kappa shape index (κ2) is 8.21. The molecule has 1 aromatic carbocycles. The molecule has 8 heteroatoms. The number of pyridine rings is 1. The molecule has 1 aromatic heterocycles. The van der Waals surface area contributed by atoms with Crippen molar-refractivity contribution in [1.29, 1.82) is 0 Å². The number of aromatic amines is 1. The number of halogens is 2. The molecule has 0 aliphatic heterocycles. The third-order valence-electron chi connectivity index (χ3n) is 3.06. The molecule has 0 aliphatic carbocycles. The summed E-state index contributed by atoms with van der Waals surface area (Å²) in [6, 6.07) is 4.49. The standard InChI is InChI=1S/C16H16BrClN2O4/c1-3-4-24-14-11(18)5-9(6-13(14)23-2)15(21)20-12-7-10(17)8-19-16(12)22/h5-8H,3-4H2,1-2H3,(H,19,22)(H,20,21). The second-order valence-corrected chi connectivity index (χ2v) is 6.18. The lowest BCUT2D eigenvalue weighted by Crippen LogP contribution is -2.19. The van der Waals surface area contributed by atoms with E-state index in [9.17, 15) is 9.59 Å². The number of rotatable bonds is 6. The van der Waals surface area contributed by atoms with Crippen LogP contribution in [0.15, 0.2) is 33.7 Å². The Morgan fingerprint density at radius 1 is 1.38 bits per heavy atom. The van der Waals surface area contributed by atoms with Gasteiger partial charge in [0, 0.05) is 16.2 Å². The lowest BCUT2D eigenvalue weighted by atomic mass is 10.2. The van der Waals surface area contributed by atoms with Crippen LogP contribution in [0, 0.1) is 0 Å². The van der Waals surface area contributed by atoms with E-state index in [1.807, 2.05) is 6.92 Å². The third kappa shape index (κ3) is 4.30. The Kier molecular flexibility index (Phi) is 6.28. The molecular weight excluding hydrogens is 400 g/mol. The van der Waals surface area contributed by atoms with Gasteiger partial charge in [0.2, 0.25) is 0 Å². The number of hydrogen-bond donors (Lipinski definition) is 2. The van der Waals surface area contributed by atoms with Crippen molar-refractivity contribution in [1.82, 2.24) is 4.98 Å². The van der Waals surface area contributed by atoms with E-state index in [2.05, 4.69) is 26.2 Å². The van der Waals surface area contributed by atoms with Gasteiger partial charge >= 0.3 is 0 Å². The molecule has 0 saturated carbocycles. The summed E-state index contributed by atoms with van der Waals surface area (Å²) in [7, 11) is 1.46. The maximum Gasteiger partial charge on any atom is 0.271 e. The Morgan fingerprint density at radius 3 is 2.79 bits per heavy atom. The first-order chi connectivity index (χ1) is 11.5. The molecule has 1 heterocycles. The highest BCUT2D eigenvalue weighted by Gasteiger charge is 2.17. The Labute approximate surface area is 152 Å². The molecule has 2 aromatic rings. The fourth-order valence-corrected chi connectivity index (χ4v) is 2.55. The SMILES string of the molecule is CCCOc1c(Cl)cc(C(=O)Nc2cc(Br)c[nH]c2=O)cc1OC. The quantitative estimate of drug-likeness (QED) is 0.751. The van der Waals surface area contributed by atoms with Gasteiger partial charge in [-0.15, -0.1) is 0 Å². The molecule has 0 fully saturated rings. The summed E-state index contributed by atoms with van der Waals surface area (Å²) in [5.74, 6) is 0.253. The molecule has 0 spiro atoms. The topological polar surface area (TPSA) is 80.4 Å². The van der Waals surface area contributed by atoms with Gasteiger partial charge in [-0.3, -0.25) is 9.59 Å². The minimum absolute atomic E-state index is 0.121. The van der Waals surface area contributed by atoms with E-state index in [-0.39, 0.29) is 16.3 Å². The summed E-state index contributed by atoms with van der Waals surface area (Å²) in [5.41, 5.74) is -0.0386. The highest BCUT2D eigenvalue weighted by atomic mass is 79.9. The minimum atomic E-state index is -0.485. The first-order valence-electron chi connectivity index (χ1n) is 7.16. The summed E-state index contributed by atoms with van der Waals surface area (Å²) in [6.07, 6.45) is 2.30. The van der Waals surface area contributed by atoms with Gasteiger partial charge in [0.25, 0.3) is 11.5 Å². The lowest BCUT2D eigenvalue weighted by molar-refractivity contribution is 0.102. The van der Waals surface area contributed by atoms with Gasteiger partial charge in [0.05, 0.1) is 18.7 Å². The van der Waals surface area contributed by atoms with Gasteiger partial charge in [0.15, 0.2) is 11.5 Å². The number of methoxy groups -OCH3 is 1. The van der Waals surface area contributed by atoms with Crippen LogP contribution in [0.1, 0.15) is 23.7 Å². The number of ether oxygens (including phenoxy) is 2. The highest BCUT2D eigenvalue weighted by Crippen LogP contribution is 2.36. The normalized spacial score (nSPS) is 10.3. The van der Waals surface area contributed by atoms with Crippen molar-refractivity contribution in [3.05, 3.63) is 49.8 Å². The average Bonchev–Trinajstić information content (AvgIpc) is 2.56. The molecule has 0 bridgehead atoms. The van der Waals surface area contributed by atoms with E-state index in [1.165, 1.54) is 31.5 Å². The molecular formula is C16H16BrClN2O4. The van der Waals surface area contributed by atoms with Gasteiger partial charge < -0.3 is 19.8 Å². The van der Waals surface area contributed by atoms with Gasteiger partial charge in [-0.25, -0.2) is 0 Å². The Balaban J connectivity index is 2.31. The van der Waals surface area contributed by atoms with Crippen LogP contribution in [0.4, 0.5) is 5.69 Å². The zero-order valence-electron chi connectivity index (χ0n) is 13.1. The van der Waals surface area contributed by atoms with Crippen molar-refractivity contribution in [3.63, 3.8) is 0 Å². The number of amides is 1. The smallest absolute Gasteiger partial charge is 0.271 e. The lowest BCUT2D eigenvalue weighted by Gasteiger charge is -2.13. The Morgan fingerprint density at radius 2 is 2.12 bits per heavy atom. The molecule has 0 saturated heterocycles. The van der Waals surface area contributed by atoms with Crippen LogP contribution in [-0.2, 0) is 0 Å². The van der Waals surface area contributed by atoms with E-state index >= 15 is 0 Å². The molecule has 1 amide bonds. The Hall–Kier alpha value is -1.99. The number of benzene rings is 1. The second-order valence-electron chi connectivity index (χ2n) is 4.85. The van der Waals surface area contributed by atoms with Crippen molar-refractivity contribution in [2.75, 3.05) is 19.0 Å². The van der Waals surface area contributed by atoms with Crippen molar-refractivity contribution in [2.45, 2.75) is 13.3 Å². The van der Waals surface area contributed by atoms with Crippen LogP contribution < -0.4 is 20.3 Å². The highest BCUT2D eigenvalue weighted by molar-refractivity contribution is 9.10. The first-order valence-corrected chi connectivity index (χ1v) is 8.33. The fraction of sp³-hybridized carbons (Fsp3) is 0.250. The molecule has 6 nitrogen and oxygen atoms in total. The summed E-state index contributed by atoms with van der Waals surface area (Å²) in [4.78, 5) is 26.6. The van der Waals surface area contributed by atoms with E-state index in [0.717, 1.165) is 6.42 Å². The van der Waals surface area contributed by atoms with E-state index in [4.69, 9.17) is 21.1 Å². The van der Waals surface area contributed by atoms with E-state index in [1.54, 1.807) is 0 Å². The molecule has 24 heavy (non-hydrogen) atoms. The van der Waals surface area contributed by atoms with Crippen molar-refractivity contribution < 1.29 is 14.3 Å². The number of hydrogen-bond acceptors (Lipinski definition) is 4. The molecule has 2 N–H and O–H groups in total. The van der Waals surface area contributed by atoms with E-state index < -0.39 is 11.5 Å². The monoisotopic (exact) mass is 414 g/mol. The third-order valence-corrected chi connectivity index (χ3v) is 3.80. The van der Waals surface area contributed by atoms with Gasteiger partial charge in [-0.05, 0) is 40.5 Å². The molecule has 0 atom stereocenters. The van der Waals surface area contributed by atoms with Crippen LogP contribution in [0.5, 0.6) is 11.5 Å². The summed E-state index contributed by atoms with van der Waals surface area (Å²) >= 11 is 9.42. The zero-order chi connectivity index (χ0) is 17.7. The van der Waals surface area contributed by atoms with Gasteiger partial charge in [-0.2, -0.15) is 0 Å². The zero-order valence-corrected chi connectivity index (χ0v) is 15.5. The van der Waals surface area contributed by atoms with Crippen molar-refractivity contribution in [2.24, 2.45) is 0 Å². The molecule has 0 aliphatic rings. The van der Waals surface area contributed by atoms with Crippen LogP contribution >= 0.6 is 27.5 Å². The Bertz CT molecular complexity index is 807. The van der Waals surface area contributed by atoms with Gasteiger partial charge in [0.1, 0.15) is 5.69 Å². The molecule has 128 valence electrons. The predicted molar refractivity (Wildman–Crippen MR) is 96.5 cm³/mol. The first kappa shape index (κ1) is 18.4. The average molecular weight is 416 g/mol. The molecule has 2 rings (SSSR count). The van der Waals surface area contributed by atoms with Crippen LogP contribution in [0.25, 0.3) is 0 Å². The van der Waals surface area contributed by atoms with Gasteiger partial charge in [-0.1, -0.05) is 18.5 Å². The maximum absolute atomic E-state index is 12.4. The van der Waals surface area contributed by atoms with E-state index in [0.29, 0.717) is 22.6 Å². The number of carbonyl (C=O) groups excluding carboxylic acids is 1. The largest absolute Gasteiger partial charge is 0.493 e. The maximum atomic E-state index is 12.4. The fourth-order valence-electron chi connectivity index (χ4n) is 1.94. The number of carbonyl (C=O) groups is 1.